The van der Waals surface area contributed by atoms with Gasteiger partial charge in [-0.15, -0.1) is 11.8 Å². The van der Waals surface area contributed by atoms with Crippen LogP contribution in [0, 0.1) is 0 Å². The van der Waals surface area contributed by atoms with Crippen LogP contribution in [-0.2, 0) is 4.74 Å². The number of hydrogen-bond donors (Lipinski definition) is 0. The predicted molar refractivity (Wildman–Crippen MR) is 69.9 cm³/mol. The molecular formula is C12H10ClNO2S. The van der Waals surface area contributed by atoms with Crippen LogP contribution < -0.4 is 0 Å². The molecule has 0 aliphatic rings. The highest BCUT2D eigenvalue weighted by Crippen LogP contribution is 2.32. The summed E-state index contributed by atoms with van der Waals surface area (Å²) in [5, 5.41) is 1.74. The monoisotopic (exact) mass is 267 g/mol. The van der Waals surface area contributed by atoms with Crippen molar-refractivity contribution in [3.8, 4) is 0 Å². The number of para-hydroxylation sites is 1. The van der Waals surface area contributed by atoms with Gasteiger partial charge in [-0.1, -0.05) is 29.8 Å². The van der Waals surface area contributed by atoms with Crippen molar-refractivity contribution in [1.82, 2.24) is 4.98 Å². The van der Waals surface area contributed by atoms with Crippen molar-refractivity contribution in [2.45, 2.75) is 5.03 Å². The molecule has 17 heavy (non-hydrogen) atoms. The summed E-state index contributed by atoms with van der Waals surface area (Å²) in [7, 11) is 1.33. The molecular weight excluding hydrogens is 258 g/mol. The number of carbonyl (C=O) groups excluding carboxylic acids is 1. The van der Waals surface area contributed by atoms with E-state index in [9.17, 15) is 4.79 Å². The van der Waals surface area contributed by atoms with Gasteiger partial charge in [-0.25, -0.2) is 9.78 Å². The smallest absolute Gasteiger partial charge is 0.342 e. The Labute approximate surface area is 108 Å². The normalized spacial score (nSPS) is 10.5. The number of halogens is 1. The molecule has 3 nitrogen and oxygen atoms in total. The number of esters is 1. The lowest BCUT2D eigenvalue weighted by Crippen LogP contribution is -2.06. The molecule has 88 valence electrons. The largest absolute Gasteiger partial charge is 0.465 e. The Kier molecular flexibility index (Phi) is 3.54. The summed E-state index contributed by atoms with van der Waals surface area (Å²) in [6.45, 7) is 0. The van der Waals surface area contributed by atoms with Crippen molar-refractivity contribution in [2.24, 2.45) is 0 Å². The SMILES string of the molecule is COC(=O)c1c(SC)nc2ccccc2c1Cl. The van der Waals surface area contributed by atoms with Gasteiger partial charge < -0.3 is 4.74 Å². The number of methoxy groups -OCH3 is 1. The fraction of sp³-hybridized carbons (Fsp3) is 0.167. The lowest BCUT2D eigenvalue weighted by molar-refractivity contribution is 0.0596. The zero-order valence-corrected chi connectivity index (χ0v) is 10.9. The van der Waals surface area contributed by atoms with Gasteiger partial charge in [0.2, 0.25) is 0 Å². The third-order valence-corrected chi connectivity index (χ3v) is 3.45. The van der Waals surface area contributed by atoms with Crippen molar-refractivity contribution < 1.29 is 9.53 Å². The second-order valence-electron chi connectivity index (χ2n) is 3.32. The highest BCUT2D eigenvalue weighted by molar-refractivity contribution is 7.98. The van der Waals surface area contributed by atoms with Crippen LogP contribution in [0.5, 0.6) is 0 Å². The molecule has 1 heterocycles. The zero-order chi connectivity index (χ0) is 12.4. The Hall–Kier alpha value is -1.26. The standard InChI is InChI=1S/C12H10ClNO2S/c1-16-12(15)9-10(13)7-5-3-4-6-8(7)14-11(9)17-2/h3-6H,1-2H3. The van der Waals surface area contributed by atoms with Gasteiger partial charge in [0, 0.05) is 5.39 Å². The van der Waals surface area contributed by atoms with E-state index in [1.165, 1.54) is 18.9 Å². The Morgan fingerprint density at radius 3 is 2.76 bits per heavy atom. The van der Waals surface area contributed by atoms with Gasteiger partial charge in [0.15, 0.2) is 0 Å². The van der Waals surface area contributed by atoms with E-state index >= 15 is 0 Å². The highest BCUT2D eigenvalue weighted by atomic mass is 35.5. The maximum atomic E-state index is 11.7. The number of aromatic nitrogens is 1. The minimum Gasteiger partial charge on any atom is -0.465 e. The third-order valence-electron chi connectivity index (χ3n) is 2.38. The van der Waals surface area contributed by atoms with Crippen molar-refractivity contribution in [2.75, 3.05) is 13.4 Å². The van der Waals surface area contributed by atoms with Crippen LogP contribution in [-0.4, -0.2) is 24.3 Å². The van der Waals surface area contributed by atoms with Crippen LogP contribution in [0.1, 0.15) is 10.4 Å². The molecule has 0 saturated carbocycles. The molecule has 0 saturated heterocycles. The summed E-state index contributed by atoms with van der Waals surface area (Å²) in [6, 6.07) is 7.44. The Balaban J connectivity index is 2.81. The van der Waals surface area contributed by atoms with Gasteiger partial charge in [-0.2, -0.15) is 0 Å². The Morgan fingerprint density at radius 1 is 1.41 bits per heavy atom. The van der Waals surface area contributed by atoms with E-state index in [-0.39, 0.29) is 0 Å². The number of pyridine rings is 1. The molecule has 1 aromatic carbocycles. The van der Waals surface area contributed by atoms with Crippen molar-refractivity contribution in [3.05, 3.63) is 34.9 Å². The van der Waals surface area contributed by atoms with Gasteiger partial charge in [0.25, 0.3) is 0 Å². The molecule has 0 aliphatic heterocycles. The van der Waals surface area contributed by atoms with Crippen LogP contribution in [0.15, 0.2) is 29.3 Å². The number of thioether (sulfide) groups is 1. The molecule has 0 amide bonds. The van der Waals surface area contributed by atoms with Crippen LogP contribution in [0.3, 0.4) is 0 Å². The third kappa shape index (κ3) is 2.10. The molecule has 0 spiro atoms. The van der Waals surface area contributed by atoms with Gasteiger partial charge in [-0.3, -0.25) is 0 Å². The molecule has 0 N–H and O–H groups in total. The molecule has 2 aromatic rings. The molecule has 5 heteroatoms. The average molecular weight is 268 g/mol. The molecule has 0 unspecified atom stereocenters. The van der Waals surface area contributed by atoms with E-state index in [1.54, 1.807) is 0 Å². The summed E-state index contributed by atoms with van der Waals surface area (Å²) in [4.78, 5) is 16.1. The molecule has 0 fully saturated rings. The quantitative estimate of drug-likeness (QED) is 0.618. The van der Waals surface area contributed by atoms with E-state index in [1.807, 2.05) is 30.5 Å². The van der Waals surface area contributed by atoms with E-state index < -0.39 is 5.97 Å². The number of hydrogen-bond acceptors (Lipinski definition) is 4. The second kappa shape index (κ2) is 4.94. The van der Waals surface area contributed by atoms with Gasteiger partial charge >= 0.3 is 5.97 Å². The fourth-order valence-electron chi connectivity index (χ4n) is 1.58. The van der Waals surface area contributed by atoms with Crippen LogP contribution in [0.2, 0.25) is 5.02 Å². The molecule has 1 aromatic heterocycles. The first kappa shape index (κ1) is 12.2. The molecule has 0 bridgehead atoms. The summed E-state index contributed by atoms with van der Waals surface area (Å²) < 4.78 is 4.73. The molecule has 0 atom stereocenters. The van der Waals surface area contributed by atoms with E-state index in [0.717, 1.165) is 10.9 Å². The number of fused-ring (bicyclic) bond motifs is 1. The van der Waals surface area contributed by atoms with E-state index in [4.69, 9.17) is 16.3 Å². The summed E-state index contributed by atoms with van der Waals surface area (Å²) in [6.07, 6.45) is 1.85. The van der Waals surface area contributed by atoms with Gasteiger partial charge in [0.1, 0.15) is 10.6 Å². The topological polar surface area (TPSA) is 39.2 Å². The number of nitrogens with zero attached hydrogens (tertiary/aromatic N) is 1. The summed E-state index contributed by atoms with van der Waals surface area (Å²) in [5.74, 6) is -0.461. The number of rotatable bonds is 2. The predicted octanol–water partition coefficient (Wildman–Crippen LogP) is 3.40. The summed E-state index contributed by atoms with van der Waals surface area (Å²) >= 11 is 7.62. The van der Waals surface area contributed by atoms with Crippen molar-refractivity contribution in [1.29, 1.82) is 0 Å². The minimum absolute atomic E-state index is 0.334. The molecule has 0 radical (unpaired) electrons. The van der Waals surface area contributed by atoms with E-state index in [0.29, 0.717) is 15.6 Å². The minimum atomic E-state index is -0.461. The summed E-state index contributed by atoms with van der Waals surface area (Å²) in [5.41, 5.74) is 1.11. The average Bonchev–Trinajstić information content (AvgIpc) is 2.37. The van der Waals surface area contributed by atoms with Crippen molar-refractivity contribution in [3.63, 3.8) is 0 Å². The van der Waals surface area contributed by atoms with Crippen LogP contribution in [0.25, 0.3) is 10.9 Å². The zero-order valence-electron chi connectivity index (χ0n) is 9.36. The molecule has 2 rings (SSSR count). The van der Waals surface area contributed by atoms with Crippen molar-refractivity contribution >= 4 is 40.2 Å². The number of benzene rings is 1. The highest BCUT2D eigenvalue weighted by Gasteiger charge is 2.19. The lowest BCUT2D eigenvalue weighted by Gasteiger charge is -2.09. The number of carbonyl (C=O) groups is 1. The first-order valence-electron chi connectivity index (χ1n) is 4.89. The Bertz CT molecular complexity index is 586. The van der Waals surface area contributed by atoms with Gasteiger partial charge in [0.05, 0.1) is 17.6 Å². The van der Waals surface area contributed by atoms with Crippen LogP contribution >= 0.6 is 23.4 Å². The fourth-order valence-corrected chi connectivity index (χ4v) is 2.54. The maximum absolute atomic E-state index is 11.7. The first-order chi connectivity index (χ1) is 8.19. The Morgan fingerprint density at radius 2 is 2.12 bits per heavy atom. The first-order valence-corrected chi connectivity index (χ1v) is 6.50. The van der Waals surface area contributed by atoms with Crippen LogP contribution in [0.4, 0.5) is 0 Å². The maximum Gasteiger partial charge on any atom is 0.342 e. The number of ether oxygens (including phenoxy) is 1. The van der Waals surface area contributed by atoms with E-state index in [2.05, 4.69) is 4.98 Å². The van der Waals surface area contributed by atoms with Gasteiger partial charge in [-0.05, 0) is 12.3 Å². The second-order valence-corrected chi connectivity index (χ2v) is 4.49. The lowest BCUT2D eigenvalue weighted by atomic mass is 10.1. The molecule has 0 aliphatic carbocycles.